The van der Waals surface area contributed by atoms with E-state index in [1.165, 1.54) is 23.1 Å². The van der Waals surface area contributed by atoms with E-state index in [4.69, 9.17) is 0 Å². The van der Waals surface area contributed by atoms with Crippen LogP contribution in [0.15, 0.2) is 78.5 Å². The topological polar surface area (TPSA) is 73.4 Å². The number of para-hydroxylation sites is 1. The first-order valence-corrected chi connectivity index (χ1v) is 10.6. The van der Waals surface area contributed by atoms with E-state index in [1.807, 2.05) is 49.4 Å². The van der Waals surface area contributed by atoms with Crippen molar-refractivity contribution in [2.75, 3.05) is 4.90 Å². The van der Waals surface area contributed by atoms with E-state index in [9.17, 15) is 19.1 Å². The molecule has 1 aliphatic rings. The van der Waals surface area contributed by atoms with Crippen molar-refractivity contribution in [2.45, 2.75) is 19.9 Å². The quantitative estimate of drug-likeness (QED) is 0.249. The van der Waals surface area contributed by atoms with Gasteiger partial charge < -0.3 is 10.1 Å². The highest BCUT2D eigenvalue weighted by molar-refractivity contribution is 6.51. The van der Waals surface area contributed by atoms with E-state index in [2.05, 4.69) is 4.98 Å². The van der Waals surface area contributed by atoms with Gasteiger partial charge in [0.05, 0.1) is 11.6 Å². The lowest BCUT2D eigenvalue weighted by Gasteiger charge is -2.25. The zero-order valence-electron chi connectivity index (χ0n) is 18.1. The Balaban J connectivity index is 1.79. The first-order valence-electron chi connectivity index (χ1n) is 10.6. The van der Waals surface area contributed by atoms with Crippen LogP contribution in [-0.4, -0.2) is 21.8 Å². The van der Waals surface area contributed by atoms with Gasteiger partial charge in [-0.3, -0.25) is 14.5 Å². The number of nitrogens with one attached hydrogen (secondary N) is 1. The minimum absolute atomic E-state index is 0.0303. The van der Waals surface area contributed by atoms with Crippen molar-refractivity contribution in [2.24, 2.45) is 0 Å². The Hall–Kier alpha value is -4.19. The number of rotatable bonds is 3. The standard InChI is InChI=1S/C27H21FN2O3/c1-15-6-5-7-18(12-15)30-24(20-14-29-22-9-4-3-8-19(20)22)23(26(32)27(30)33)25(31)17-10-11-21(28)16(2)13-17/h3-14,24,29,31H,1-2H3/b25-23+. The molecular weight excluding hydrogens is 419 g/mol. The number of carbonyl (C=O) groups excluding carboxylic acids is 2. The summed E-state index contributed by atoms with van der Waals surface area (Å²) in [5.74, 6) is -2.26. The maximum atomic E-state index is 13.8. The summed E-state index contributed by atoms with van der Waals surface area (Å²) in [5.41, 5.74) is 3.60. The normalized spacial score (nSPS) is 17.8. The molecule has 5 rings (SSSR count). The summed E-state index contributed by atoms with van der Waals surface area (Å²) in [4.78, 5) is 31.2. The lowest BCUT2D eigenvalue weighted by molar-refractivity contribution is -0.132. The fourth-order valence-corrected chi connectivity index (χ4v) is 4.44. The Morgan fingerprint density at radius 3 is 2.55 bits per heavy atom. The molecule has 1 atom stereocenters. The van der Waals surface area contributed by atoms with Crippen LogP contribution in [0.25, 0.3) is 16.7 Å². The fraction of sp³-hybridized carbons (Fsp3) is 0.111. The third-order valence-electron chi connectivity index (χ3n) is 6.07. The minimum Gasteiger partial charge on any atom is -0.507 e. The van der Waals surface area contributed by atoms with Gasteiger partial charge in [-0.2, -0.15) is 0 Å². The number of hydrogen-bond donors (Lipinski definition) is 2. The summed E-state index contributed by atoms with van der Waals surface area (Å²) in [6.07, 6.45) is 1.76. The Morgan fingerprint density at radius 2 is 1.79 bits per heavy atom. The van der Waals surface area contributed by atoms with Crippen molar-refractivity contribution in [3.05, 3.63) is 107 Å². The van der Waals surface area contributed by atoms with Crippen LogP contribution in [-0.2, 0) is 9.59 Å². The Morgan fingerprint density at radius 1 is 1.00 bits per heavy atom. The summed E-state index contributed by atoms with van der Waals surface area (Å²) < 4.78 is 13.8. The molecule has 1 amide bonds. The molecule has 1 saturated heterocycles. The van der Waals surface area contributed by atoms with Gasteiger partial charge in [0.25, 0.3) is 11.7 Å². The van der Waals surface area contributed by atoms with Gasteiger partial charge in [0.15, 0.2) is 0 Å². The van der Waals surface area contributed by atoms with Crippen molar-refractivity contribution in [1.82, 2.24) is 4.98 Å². The molecule has 0 saturated carbocycles. The predicted octanol–water partition coefficient (Wildman–Crippen LogP) is 5.55. The average Bonchev–Trinajstić information content (AvgIpc) is 3.34. The first-order chi connectivity index (χ1) is 15.9. The number of benzene rings is 3. The molecule has 5 nitrogen and oxygen atoms in total. The van der Waals surface area contributed by atoms with E-state index in [1.54, 1.807) is 19.2 Å². The molecule has 3 aromatic carbocycles. The molecule has 1 fully saturated rings. The molecule has 1 unspecified atom stereocenters. The van der Waals surface area contributed by atoms with E-state index in [-0.39, 0.29) is 16.9 Å². The number of halogens is 1. The predicted molar refractivity (Wildman–Crippen MR) is 125 cm³/mol. The summed E-state index contributed by atoms with van der Waals surface area (Å²) >= 11 is 0. The van der Waals surface area contributed by atoms with Gasteiger partial charge in [-0.05, 0) is 61.4 Å². The zero-order valence-corrected chi connectivity index (χ0v) is 18.1. The van der Waals surface area contributed by atoms with Crippen LogP contribution in [0, 0.1) is 19.7 Å². The SMILES string of the molecule is Cc1cccc(N2C(=O)C(=O)/C(=C(/O)c3ccc(F)c(C)c3)C2c2c[nH]c3ccccc23)c1. The van der Waals surface area contributed by atoms with Gasteiger partial charge in [0, 0.05) is 33.9 Å². The summed E-state index contributed by atoms with van der Waals surface area (Å²) in [6.45, 7) is 3.48. The Labute approximate surface area is 189 Å². The van der Waals surface area contributed by atoms with Gasteiger partial charge in [-0.15, -0.1) is 0 Å². The van der Waals surface area contributed by atoms with Crippen molar-refractivity contribution in [1.29, 1.82) is 0 Å². The molecule has 2 N–H and O–H groups in total. The highest BCUT2D eigenvalue weighted by Gasteiger charge is 2.47. The minimum atomic E-state index is -0.853. The van der Waals surface area contributed by atoms with Gasteiger partial charge in [-0.1, -0.05) is 30.3 Å². The number of fused-ring (bicyclic) bond motifs is 1. The van der Waals surface area contributed by atoms with Crippen LogP contribution in [0.4, 0.5) is 10.1 Å². The van der Waals surface area contributed by atoms with Crippen LogP contribution < -0.4 is 4.90 Å². The Bertz CT molecular complexity index is 1470. The smallest absolute Gasteiger partial charge is 0.300 e. The van der Waals surface area contributed by atoms with Crippen LogP contribution in [0.3, 0.4) is 0 Å². The summed E-state index contributed by atoms with van der Waals surface area (Å²) in [7, 11) is 0. The number of amides is 1. The number of nitrogens with zero attached hydrogens (tertiary/aromatic N) is 1. The molecule has 1 aromatic heterocycles. The number of aliphatic hydroxyl groups is 1. The lowest BCUT2D eigenvalue weighted by Crippen LogP contribution is -2.29. The molecule has 1 aliphatic heterocycles. The number of ketones is 1. The zero-order chi connectivity index (χ0) is 23.3. The van der Waals surface area contributed by atoms with Gasteiger partial charge >= 0.3 is 0 Å². The van der Waals surface area contributed by atoms with Gasteiger partial charge in [0.1, 0.15) is 11.6 Å². The van der Waals surface area contributed by atoms with Crippen LogP contribution >= 0.6 is 0 Å². The average molecular weight is 440 g/mol. The molecule has 0 spiro atoms. The number of hydrogen-bond acceptors (Lipinski definition) is 3. The highest BCUT2D eigenvalue weighted by Crippen LogP contribution is 2.44. The lowest BCUT2D eigenvalue weighted by atomic mass is 9.94. The molecule has 0 radical (unpaired) electrons. The van der Waals surface area contributed by atoms with Gasteiger partial charge in [-0.25, -0.2) is 4.39 Å². The number of aromatic nitrogens is 1. The molecule has 2 heterocycles. The van der Waals surface area contributed by atoms with E-state index in [0.717, 1.165) is 16.5 Å². The van der Waals surface area contributed by atoms with Crippen molar-refractivity contribution in [3.63, 3.8) is 0 Å². The molecule has 33 heavy (non-hydrogen) atoms. The fourth-order valence-electron chi connectivity index (χ4n) is 4.44. The highest BCUT2D eigenvalue weighted by atomic mass is 19.1. The van der Waals surface area contributed by atoms with E-state index in [0.29, 0.717) is 16.8 Å². The molecule has 4 aromatic rings. The maximum Gasteiger partial charge on any atom is 0.300 e. The van der Waals surface area contributed by atoms with Crippen LogP contribution in [0.5, 0.6) is 0 Å². The van der Waals surface area contributed by atoms with E-state index < -0.39 is 23.5 Å². The number of aryl methyl sites for hydroxylation is 2. The first kappa shape index (κ1) is 20.7. The second-order valence-electron chi connectivity index (χ2n) is 8.26. The molecule has 0 aliphatic carbocycles. The van der Waals surface area contributed by atoms with Crippen molar-refractivity contribution >= 4 is 34.0 Å². The van der Waals surface area contributed by atoms with Crippen molar-refractivity contribution in [3.8, 4) is 0 Å². The molecule has 0 bridgehead atoms. The number of carbonyl (C=O) groups is 2. The Kier molecular flexibility index (Phi) is 4.86. The van der Waals surface area contributed by atoms with Crippen LogP contribution in [0.2, 0.25) is 0 Å². The number of anilines is 1. The third kappa shape index (κ3) is 3.31. The second kappa shape index (κ2) is 7.74. The number of aliphatic hydroxyl groups excluding tert-OH is 1. The van der Waals surface area contributed by atoms with Crippen molar-refractivity contribution < 1.29 is 19.1 Å². The summed E-state index contributed by atoms with van der Waals surface area (Å²) in [6, 6.07) is 18.2. The monoisotopic (exact) mass is 440 g/mol. The van der Waals surface area contributed by atoms with Crippen LogP contribution in [0.1, 0.15) is 28.3 Å². The second-order valence-corrected chi connectivity index (χ2v) is 8.26. The number of H-pyrrole nitrogens is 1. The molecule has 164 valence electrons. The summed E-state index contributed by atoms with van der Waals surface area (Å²) in [5, 5.41) is 12.1. The molecule has 6 heteroatoms. The third-order valence-corrected chi connectivity index (χ3v) is 6.07. The maximum absolute atomic E-state index is 13.8. The number of Topliss-reactive ketones (excluding diaryl/α,β-unsaturated/α-hetero) is 1. The molecular formula is C27H21FN2O3. The largest absolute Gasteiger partial charge is 0.507 e. The van der Waals surface area contributed by atoms with E-state index >= 15 is 0 Å². The van der Waals surface area contributed by atoms with Gasteiger partial charge in [0.2, 0.25) is 0 Å². The number of aromatic amines is 1.